The number of unbranched alkanes of at least 4 members (excludes halogenated alkanes) is 67. The summed E-state index contributed by atoms with van der Waals surface area (Å²) < 4.78 is 69.2. The molecule has 0 saturated heterocycles. The first kappa shape index (κ1) is 113. The minimum Gasteiger partial charge on any atom is -0.462 e. The van der Waals surface area contributed by atoms with E-state index in [-0.39, 0.29) is 25.7 Å². The first-order valence-corrected chi connectivity index (χ1v) is 52.7. The second-order valence-corrected chi connectivity index (χ2v) is 37.6. The zero-order chi connectivity index (χ0) is 84.0. The molecule has 115 heavy (non-hydrogen) atoms. The fourth-order valence-electron chi connectivity index (χ4n) is 15.2. The lowest BCUT2D eigenvalue weighted by atomic mass is 9.99. The Balaban J connectivity index is 5.23. The van der Waals surface area contributed by atoms with Crippen molar-refractivity contribution >= 4 is 39.5 Å². The van der Waals surface area contributed by atoms with Gasteiger partial charge in [-0.1, -0.05) is 478 Å². The predicted octanol–water partition coefficient (Wildman–Crippen LogP) is 30.3. The van der Waals surface area contributed by atoms with Gasteiger partial charge < -0.3 is 33.8 Å². The van der Waals surface area contributed by atoms with Crippen molar-refractivity contribution in [3.05, 3.63) is 0 Å². The second kappa shape index (κ2) is 88.4. The minimum absolute atomic E-state index is 0.110. The van der Waals surface area contributed by atoms with Crippen LogP contribution in [0, 0.1) is 5.92 Å². The van der Waals surface area contributed by atoms with Crippen LogP contribution in [0.5, 0.6) is 0 Å². The van der Waals surface area contributed by atoms with E-state index >= 15 is 0 Å². The Morgan fingerprint density at radius 3 is 0.617 bits per heavy atom. The molecule has 0 heterocycles. The monoisotopic (exact) mass is 1680 g/mol. The van der Waals surface area contributed by atoms with Crippen LogP contribution in [0.1, 0.15) is 529 Å². The van der Waals surface area contributed by atoms with Crippen molar-refractivity contribution < 1.29 is 80.2 Å². The second-order valence-electron chi connectivity index (χ2n) is 34.7. The van der Waals surface area contributed by atoms with Crippen LogP contribution in [-0.2, 0) is 65.4 Å². The average Bonchev–Trinajstić information content (AvgIpc) is 0.897. The van der Waals surface area contributed by atoms with Crippen molar-refractivity contribution in [2.75, 3.05) is 39.6 Å². The van der Waals surface area contributed by atoms with Crippen LogP contribution in [-0.4, -0.2) is 96.7 Å². The van der Waals surface area contributed by atoms with Gasteiger partial charge in [0.1, 0.15) is 19.3 Å². The van der Waals surface area contributed by atoms with E-state index in [9.17, 15) is 43.2 Å². The fraction of sp³-hybridized carbons (Fsp3) is 0.958. The number of hydrogen-bond donors (Lipinski definition) is 3. The van der Waals surface area contributed by atoms with Crippen molar-refractivity contribution in [1.82, 2.24) is 0 Å². The van der Waals surface area contributed by atoms with Gasteiger partial charge in [0.05, 0.1) is 26.4 Å². The molecule has 0 spiro atoms. The predicted molar refractivity (Wildman–Crippen MR) is 479 cm³/mol. The zero-order valence-corrected chi connectivity index (χ0v) is 77.7. The van der Waals surface area contributed by atoms with Gasteiger partial charge in [0.2, 0.25) is 0 Å². The van der Waals surface area contributed by atoms with Gasteiger partial charge in [-0.3, -0.25) is 37.3 Å². The summed E-state index contributed by atoms with van der Waals surface area (Å²) in [7, 11) is -9.94. The summed E-state index contributed by atoms with van der Waals surface area (Å²) in [5, 5.41) is 10.7. The van der Waals surface area contributed by atoms with E-state index in [4.69, 9.17) is 37.0 Å². The summed E-state index contributed by atoms with van der Waals surface area (Å²) >= 11 is 0. The standard InChI is InChI=1S/C96H188O17P2/c1-6-10-13-16-19-22-25-28-30-32-34-36-38-42-46-50-55-60-65-70-75-80-94(99)107-86-92(113-96(101)82-77-72-67-62-57-52-48-44-40-39-41-45-49-53-58-63-68-73-78-89(5)9-4)88-111-115(104,105)109-84-90(97)83-108-114(102,103)110-87-91(85-106-93(98)79-74-69-64-59-54-27-24-21-18-15-12-8-3)112-95(100)81-76-71-66-61-56-51-47-43-37-35-33-31-29-26-23-20-17-14-11-7-2/h89-92,97H,6-88H2,1-5H3,(H,102,103)(H,104,105)/t89?,90-,91+,92+/m0/s1. The van der Waals surface area contributed by atoms with Crippen LogP contribution in [0.2, 0.25) is 0 Å². The van der Waals surface area contributed by atoms with E-state index in [0.29, 0.717) is 25.7 Å². The molecule has 0 fully saturated rings. The summed E-state index contributed by atoms with van der Waals surface area (Å²) in [5.41, 5.74) is 0. The summed E-state index contributed by atoms with van der Waals surface area (Å²) in [6.07, 6.45) is 86.2. The van der Waals surface area contributed by atoms with Gasteiger partial charge in [0.25, 0.3) is 0 Å². The molecule has 0 aromatic rings. The van der Waals surface area contributed by atoms with E-state index in [0.717, 1.165) is 95.8 Å². The van der Waals surface area contributed by atoms with Crippen molar-refractivity contribution in [1.29, 1.82) is 0 Å². The molecule has 0 amide bonds. The normalized spacial score (nSPS) is 13.8. The molecular weight excluding hydrogens is 1490 g/mol. The smallest absolute Gasteiger partial charge is 0.462 e. The number of ether oxygens (including phenoxy) is 4. The highest BCUT2D eigenvalue weighted by atomic mass is 31.2. The molecule has 6 atom stereocenters. The van der Waals surface area contributed by atoms with Crippen LogP contribution in [0.3, 0.4) is 0 Å². The quantitative estimate of drug-likeness (QED) is 0.0222. The number of phosphoric acid groups is 2. The summed E-state index contributed by atoms with van der Waals surface area (Å²) in [6.45, 7) is 7.49. The fourth-order valence-corrected chi connectivity index (χ4v) is 16.8. The molecule has 17 nitrogen and oxygen atoms in total. The third kappa shape index (κ3) is 88.2. The topological polar surface area (TPSA) is 237 Å². The Labute approximate surface area is 708 Å². The third-order valence-electron chi connectivity index (χ3n) is 23.1. The highest BCUT2D eigenvalue weighted by molar-refractivity contribution is 7.47. The lowest BCUT2D eigenvalue weighted by Crippen LogP contribution is -2.30. The zero-order valence-electron chi connectivity index (χ0n) is 76.0. The Morgan fingerprint density at radius 1 is 0.243 bits per heavy atom. The molecule has 0 aromatic heterocycles. The number of aliphatic hydroxyl groups is 1. The van der Waals surface area contributed by atoms with E-state index in [1.165, 1.54) is 353 Å². The van der Waals surface area contributed by atoms with Gasteiger partial charge in [-0.2, -0.15) is 0 Å². The van der Waals surface area contributed by atoms with Crippen molar-refractivity contribution in [2.24, 2.45) is 5.92 Å². The lowest BCUT2D eigenvalue weighted by molar-refractivity contribution is -0.161. The Hall–Kier alpha value is -1.94. The molecule has 0 aliphatic carbocycles. The van der Waals surface area contributed by atoms with Crippen molar-refractivity contribution in [3.63, 3.8) is 0 Å². The van der Waals surface area contributed by atoms with Gasteiger partial charge >= 0.3 is 39.5 Å². The van der Waals surface area contributed by atoms with Crippen LogP contribution in [0.4, 0.5) is 0 Å². The first-order valence-electron chi connectivity index (χ1n) is 49.7. The Morgan fingerprint density at radius 2 is 0.417 bits per heavy atom. The van der Waals surface area contributed by atoms with Gasteiger partial charge in [-0.25, -0.2) is 9.13 Å². The third-order valence-corrected chi connectivity index (χ3v) is 25.0. The van der Waals surface area contributed by atoms with Crippen LogP contribution >= 0.6 is 15.6 Å². The van der Waals surface area contributed by atoms with Gasteiger partial charge in [-0.05, 0) is 31.6 Å². The maximum atomic E-state index is 13.2. The number of carbonyl (C=O) groups excluding carboxylic acids is 4. The van der Waals surface area contributed by atoms with Crippen LogP contribution in [0.15, 0.2) is 0 Å². The summed E-state index contributed by atoms with van der Waals surface area (Å²) in [4.78, 5) is 73.6. The van der Waals surface area contributed by atoms with E-state index in [1.807, 2.05) is 0 Å². The molecule has 19 heteroatoms. The SMILES string of the molecule is CCCCCCCCCCCCCCCCCCCCCCCC(=O)OC[C@H](COP(=O)(O)OC[C@@H](O)COP(=O)(O)OC[C@@H](COC(=O)CCCCCCCCCCCCCC)OC(=O)CCCCCCCCCCCCCCCCCCCCCC)OC(=O)CCCCCCCCCCCCCCCCCCCCC(C)CC. The van der Waals surface area contributed by atoms with Crippen molar-refractivity contribution in [2.45, 2.75) is 547 Å². The number of esters is 4. The van der Waals surface area contributed by atoms with Gasteiger partial charge in [-0.15, -0.1) is 0 Å². The van der Waals surface area contributed by atoms with Crippen LogP contribution in [0.25, 0.3) is 0 Å². The van der Waals surface area contributed by atoms with E-state index in [2.05, 4.69) is 34.6 Å². The van der Waals surface area contributed by atoms with Gasteiger partial charge in [0.15, 0.2) is 12.2 Å². The molecule has 0 aromatic carbocycles. The minimum atomic E-state index is -4.97. The van der Waals surface area contributed by atoms with Gasteiger partial charge in [0, 0.05) is 25.7 Å². The molecule has 0 aliphatic heterocycles. The Kier molecular flexibility index (Phi) is 86.9. The molecule has 3 N–H and O–H groups in total. The number of carbonyl (C=O) groups is 4. The van der Waals surface area contributed by atoms with Crippen molar-refractivity contribution in [3.8, 4) is 0 Å². The molecule has 0 radical (unpaired) electrons. The molecule has 3 unspecified atom stereocenters. The molecule has 0 bridgehead atoms. The average molecular weight is 1680 g/mol. The number of hydrogen-bond acceptors (Lipinski definition) is 15. The lowest BCUT2D eigenvalue weighted by Gasteiger charge is -2.21. The Bertz CT molecular complexity index is 2170. The van der Waals surface area contributed by atoms with E-state index in [1.54, 1.807) is 0 Å². The molecular formula is C96H188O17P2. The molecule has 0 rings (SSSR count). The highest BCUT2D eigenvalue weighted by Crippen LogP contribution is 2.45. The first-order chi connectivity index (χ1) is 56.1. The maximum absolute atomic E-state index is 13.2. The largest absolute Gasteiger partial charge is 0.472 e. The number of rotatable bonds is 96. The highest BCUT2D eigenvalue weighted by Gasteiger charge is 2.31. The molecule has 0 aliphatic rings. The summed E-state index contributed by atoms with van der Waals surface area (Å²) in [6, 6.07) is 0. The molecule has 0 saturated carbocycles. The van der Waals surface area contributed by atoms with E-state index < -0.39 is 97.5 Å². The number of phosphoric ester groups is 2. The maximum Gasteiger partial charge on any atom is 0.472 e. The van der Waals surface area contributed by atoms with Crippen LogP contribution < -0.4 is 0 Å². The molecule has 684 valence electrons. The summed E-state index contributed by atoms with van der Waals surface area (Å²) in [5.74, 6) is -1.22. The number of aliphatic hydroxyl groups excluding tert-OH is 1.